The monoisotopic (exact) mass is 409 g/mol. The predicted molar refractivity (Wildman–Crippen MR) is 115 cm³/mol. The summed E-state index contributed by atoms with van der Waals surface area (Å²) in [6.45, 7) is 3.86. The van der Waals surface area contributed by atoms with E-state index in [4.69, 9.17) is 4.99 Å². The fourth-order valence-corrected chi connectivity index (χ4v) is 3.95. The second kappa shape index (κ2) is 9.51. The van der Waals surface area contributed by atoms with Crippen LogP contribution in [0, 0.1) is 10.1 Å². The Morgan fingerprint density at radius 3 is 2.40 bits per heavy atom. The van der Waals surface area contributed by atoms with E-state index in [1.165, 1.54) is 37.8 Å². The summed E-state index contributed by atoms with van der Waals surface area (Å²) >= 11 is 0. The Morgan fingerprint density at radius 2 is 1.77 bits per heavy atom. The highest BCUT2D eigenvalue weighted by molar-refractivity contribution is 5.80. The van der Waals surface area contributed by atoms with Crippen molar-refractivity contribution in [3.05, 3.63) is 58.4 Å². The molecule has 9 nitrogen and oxygen atoms in total. The van der Waals surface area contributed by atoms with E-state index < -0.39 is 0 Å². The highest BCUT2D eigenvalue weighted by Crippen LogP contribution is 2.19. The van der Waals surface area contributed by atoms with Gasteiger partial charge >= 0.3 is 0 Å². The Labute approximate surface area is 176 Å². The highest BCUT2D eigenvalue weighted by Gasteiger charge is 2.24. The zero-order valence-corrected chi connectivity index (χ0v) is 17.0. The number of aromatic nitrogens is 2. The smallest absolute Gasteiger partial charge is 0.269 e. The summed E-state index contributed by atoms with van der Waals surface area (Å²) in [5.74, 6) is 1.69. The number of nitro groups is 1. The molecule has 0 amide bonds. The van der Waals surface area contributed by atoms with Crippen molar-refractivity contribution in [3.63, 3.8) is 0 Å². The summed E-state index contributed by atoms with van der Waals surface area (Å²) in [6, 6.07) is 8.92. The number of aliphatic imine (C=N–C) groups is 1. The van der Waals surface area contributed by atoms with Crippen LogP contribution in [0.3, 0.4) is 0 Å². The van der Waals surface area contributed by atoms with Gasteiger partial charge in [-0.25, -0.2) is 15.0 Å². The van der Waals surface area contributed by atoms with Crippen molar-refractivity contribution in [1.82, 2.24) is 20.2 Å². The number of nitrogens with zero attached hydrogens (tertiary/aromatic N) is 6. The molecule has 1 saturated carbocycles. The Kier molecular flexibility index (Phi) is 6.36. The van der Waals surface area contributed by atoms with Gasteiger partial charge in [-0.2, -0.15) is 0 Å². The number of guanidine groups is 1. The fraction of sp³-hybridized carbons (Fsp3) is 0.476. The molecule has 1 aromatic heterocycles. The molecule has 0 spiro atoms. The van der Waals surface area contributed by atoms with Crippen LogP contribution in [0.4, 0.5) is 11.6 Å². The van der Waals surface area contributed by atoms with E-state index >= 15 is 0 Å². The van der Waals surface area contributed by atoms with Gasteiger partial charge < -0.3 is 15.1 Å². The lowest BCUT2D eigenvalue weighted by Crippen LogP contribution is -2.54. The summed E-state index contributed by atoms with van der Waals surface area (Å²) in [6.07, 6.45) is 8.41. The van der Waals surface area contributed by atoms with Crippen LogP contribution in [-0.4, -0.2) is 58.0 Å². The molecule has 0 unspecified atom stereocenters. The van der Waals surface area contributed by atoms with E-state index in [0.717, 1.165) is 43.7 Å². The predicted octanol–water partition coefficient (Wildman–Crippen LogP) is 2.60. The quantitative estimate of drug-likeness (QED) is 0.351. The van der Waals surface area contributed by atoms with Crippen LogP contribution in [0.5, 0.6) is 0 Å². The normalized spacial score (nSPS) is 17.9. The van der Waals surface area contributed by atoms with Gasteiger partial charge in [-0.3, -0.25) is 10.1 Å². The molecule has 1 aliphatic heterocycles. The molecule has 2 aromatic rings. The Hall–Kier alpha value is -3.23. The average molecular weight is 409 g/mol. The van der Waals surface area contributed by atoms with Crippen molar-refractivity contribution in [2.45, 2.75) is 38.3 Å². The summed E-state index contributed by atoms with van der Waals surface area (Å²) in [7, 11) is 0. The van der Waals surface area contributed by atoms with E-state index in [9.17, 15) is 10.1 Å². The number of nitro benzene ring substituents is 1. The largest absolute Gasteiger partial charge is 0.353 e. The van der Waals surface area contributed by atoms with Gasteiger partial charge in [-0.15, -0.1) is 0 Å². The molecule has 1 aliphatic carbocycles. The van der Waals surface area contributed by atoms with Crippen molar-refractivity contribution >= 4 is 17.6 Å². The van der Waals surface area contributed by atoms with Gasteiger partial charge in [0.2, 0.25) is 5.95 Å². The van der Waals surface area contributed by atoms with Gasteiger partial charge in [0.15, 0.2) is 5.96 Å². The lowest BCUT2D eigenvalue weighted by molar-refractivity contribution is -0.384. The highest BCUT2D eigenvalue weighted by atomic mass is 16.6. The molecule has 30 heavy (non-hydrogen) atoms. The number of hydrogen-bond acceptors (Lipinski definition) is 6. The summed E-state index contributed by atoms with van der Waals surface area (Å²) in [4.78, 5) is 28.5. The standard InChI is InChI=1S/C21H27N7O2/c29-28(30)19-8-6-17(7-9-19)16-24-21(25-18-4-1-2-5-18)27-14-12-26(13-15-27)20-22-10-3-11-23-20/h3,6-11,18H,1-2,4-5,12-16H2,(H,24,25). The van der Waals surface area contributed by atoms with Crippen molar-refractivity contribution in [2.24, 2.45) is 4.99 Å². The minimum absolute atomic E-state index is 0.103. The molecule has 0 bridgehead atoms. The zero-order valence-electron chi connectivity index (χ0n) is 17.0. The topological polar surface area (TPSA) is 99.8 Å². The molecule has 2 aliphatic rings. The van der Waals surface area contributed by atoms with E-state index in [1.807, 2.05) is 6.07 Å². The average Bonchev–Trinajstić information content (AvgIpc) is 3.31. The van der Waals surface area contributed by atoms with Crippen molar-refractivity contribution in [1.29, 1.82) is 0 Å². The molecular formula is C21H27N7O2. The van der Waals surface area contributed by atoms with Crippen LogP contribution in [0.25, 0.3) is 0 Å². The first-order valence-electron chi connectivity index (χ1n) is 10.5. The molecule has 9 heteroatoms. The van der Waals surface area contributed by atoms with Crippen molar-refractivity contribution < 1.29 is 4.92 Å². The van der Waals surface area contributed by atoms with Gasteiger partial charge in [0.05, 0.1) is 11.5 Å². The van der Waals surface area contributed by atoms with Crippen LogP contribution in [0.2, 0.25) is 0 Å². The number of nitrogens with one attached hydrogen (secondary N) is 1. The third kappa shape index (κ3) is 5.03. The van der Waals surface area contributed by atoms with Gasteiger partial charge in [-0.1, -0.05) is 25.0 Å². The molecule has 4 rings (SSSR count). The molecule has 158 valence electrons. The number of hydrogen-bond donors (Lipinski definition) is 1. The van der Waals surface area contributed by atoms with Crippen LogP contribution in [0.15, 0.2) is 47.7 Å². The SMILES string of the molecule is O=[N+]([O-])c1ccc(CN=C(NC2CCCC2)N2CCN(c3ncccn3)CC2)cc1. The van der Waals surface area contributed by atoms with Crippen molar-refractivity contribution in [3.8, 4) is 0 Å². The van der Waals surface area contributed by atoms with Gasteiger partial charge in [-0.05, 0) is 24.5 Å². The summed E-state index contributed by atoms with van der Waals surface area (Å²) in [5.41, 5.74) is 1.06. The van der Waals surface area contributed by atoms with Crippen LogP contribution >= 0.6 is 0 Å². The molecule has 0 atom stereocenters. The number of anilines is 1. The van der Waals surface area contributed by atoms with E-state index in [0.29, 0.717) is 12.6 Å². The minimum Gasteiger partial charge on any atom is -0.353 e. The summed E-state index contributed by atoms with van der Waals surface area (Å²) < 4.78 is 0. The first kappa shape index (κ1) is 20.1. The summed E-state index contributed by atoms with van der Waals surface area (Å²) in [5, 5.41) is 14.5. The van der Waals surface area contributed by atoms with E-state index in [-0.39, 0.29) is 10.6 Å². The van der Waals surface area contributed by atoms with Crippen molar-refractivity contribution in [2.75, 3.05) is 31.1 Å². The van der Waals surface area contributed by atoms with Crippen LogP contribution in [0.1, 0.15) is 31.2 Å². The molecular weight excluding hydrogens is 382 g/mol. The van der Waals surface area contributed by atoms with Gasteiger partial charge in [0.1, 0.15) is 0 Å². The number of rotatable bonds is 5. The number of piperazine rings is 1. The maximum Gasteiger partial charge on any atom is 0.269 e. The van der Waals surface area contributed by atoms with Crippen LogP contribution in [-0.2, 0) is 6.54 Å². The van der Waals surface area contributed by atoms with Crippen LogP contribution < -0.4 is 10.2 Å². The third-order valence-corrected chi connectivity index (χ3v) is 5.66. The Morgan fingerprint density at radius 1 is 1.10 bits per heavy atom. The number of benzene rings is 1. The number of non-ortho nitro benzene ring substituents is 1. The Bertz CT molecular complexity index is 859. The molecule has 0 radical (unpaired) electrons. The maximum atomic E-state index is 10.9. The Balaban J connectivity index is 1.43. The molecule has 1 saturated heterocycles. The second-order valence-corrected chi connectivity index (χ2v) is 7.71. The molecule has 1 aromatic carbocycles. The van der Waals surface area contributed by atoms with E-state index in [2.05, 4.69) is 25.1 Å². The molecule has 2 heterocycles. The second-order valence-electron chi connectivity index (χ2n) is 7.71. The lowest BCUT2D eigenvalue weighted by atomic mass is 10.2. The maximum absolute atomic E-state index is 10.9. The zero-order chi connectivity index (χ0) is 20.8. The first-order chi connectivity index (χ1) is 14.7. The molecule has 1 N–H and O–H groups in total. The van der Waals surface area contributed by atoms with Gasteiger partial charge in [0.25, 0.3) is 5.69 Å². The third-order valence-electron chi connectivity index (χ3n) is 5.66. The van der Waals surface area contributed by atoms with E-state index in [1.54, 1.807) is 24.5 Å². The fourth-order valence-electron chi connectivity index (χ4n) is 3.95. The molecule has 2 fully saturated rings. The van der Waals surface area contributed by atoms with Gasteiger partial charge in [0, 0.05) is 56.7 Å². The minimum atomic E-state index is -0.379. The lowest BCUT2D eigenvalue weighted by Gasteiger charge is -2.37. The first-order valence-corrected chi connectivity index (χ1v) is 10.5.